The SMILES string of the molecule is CC1CC(C)CC(C(CCC2CCCC2)NN)C1. The number of hydrazine groups is 1. The maximum Gasteiger partial charge on any atom is 0.0239 e. The Hall–Kier alpha value is -0.0800. The normalized spacial score (nSPS) is 35.8. The molecule has 18 heavy (non-hydrogen) atoms. The van der Waals surface area contributed by atoms with Crippen molar-refractivity contribution in [1.82, 2.24) is 5.43 Å². The van der Waals surface area contributed by atoms with Crippen LogP contribution in [-0.2, 0) is 0 Å². The smallest absolute Gasteiger partial charge is 0.0239 e. The fourth-order valence-electron chi connectivity index (χ4n) is 4.51. The van der Waals surface area contributed by atoms with Crippen LogP contribution in [0.15, 0.2) is 0 Å². The summed E-state index contributed by atoms with van der Waals surface area (Å²) in [4.78, 5) is 0. The predicted molar refractivity (Wildman–Crippen MR) is 78.0 cm³/mol. The lowest BCUT2D eigenvalue weighted by molar-refractivity contribution is 0.166. The van der Waals surface area contributed by atoms with Gasteiger partial charge in [0.25, 0.3) is 0 Å². The van der Waals surface area contributed by atoms with Crippen LogP contribution in [0.4, 0.5) is 0 Å². The van der Waals surface area contributed by atoms with Crippen LogP contribution >= 0.6 is 0 Å². The third-order valence-electron chi connectivity index (χ3n) is 5.36. The van der Waals surface area contributed by atoms with Gasteiger partial charge >= 0.3 is 0 Å². The maximum atomic E-state index is 5.83. The molecule has 2 nitrogen and oxygen atoms in total. The highest BCUT2D eigenvalue weighted by molar-refractivity contribution is 4.83. The van der Waals surface area contributed by atoms with Crippen LogP contribution in [-0.4, -0.2) is 6.04 Å². The van der Waals surface area contributed by atoms with E-state index in [1.807, 2.05) is 0 Å². The van der Waals surface area contributed by atoms with E-state index in [9.17, 15) is 0 Å². The maximum absolute atomic E-state index is 5.83. The van der Waals surface area contributed by atoms with Crippen molar-refractivity contribution < 1.29 is 0 Å². The Morgan fingerprint density at radius 2 is 1.67 bits per heavy atom. The standard InChI is InChI=1S/C16H32N2/c1-12-9-13(2)11-15(10-12)16(18-17)8-7-14-5-3-4-6-14/h12-16,18H,3-11,17H2,1-2H3. The van der Waals surface area contributed by atoms with Gasteiger partial charge in [0.15, 0.2) is 0 Å². The van der Waals surface area contributed by atoms with E-state index in [1.54, 1.807) is 0 Å². The van der Waals surface area contributed by atoms with Gasteiger partial charge in [0.1, 0.15) is 0 Å². The Labute approximate surface area is 113 Å². The fraction of sp³-hybridized carbons (Fsp3) is 1.00. The monoisotopic (exact) mass is 252 g/mol. The molecule has 0 radical (unpaired) electrons. The first-order valence-electron chi connectivity index (χ1n) is 8.15. The van der Waals surface area contributed by atoms with Crippen molar-refractivity contribution in [2.24, 2.45) is 29.5 Å². The molecule has 0 aromatic heterocycles. The molecule has 3 atom stereocenters. The molecule has 0 saturated heterocycles. The second-order valence-corrected chi connectivity index (χ2v) is 7.18. The lowest BCUT2D eigenvalue weighted by atomic mass is 9.73. The minimum absolute atomic E-state index is 0.566. The zero-order chi connectivity index (χ0) is 13.0. The summed E-state index contributed by atoms with van der Waals surface area (Å²) in [5.41, 5.74) is 3.14. The molecule has 0 heterocycles. The third-order valence-corrected chi connectivity index (χ3v) is 5.36. The van der Waals surface area contributed by atoms with E-state index in [4.69, 9.17) is 5.84 Å². The van der Waals surface area contributed by atoms with Crippen LogP contribution < -0.4 is 11.3 Å². The summed E-state index contributed by atoms with van der Waals surface area (Å²) in [6.07, 6.45) is 12.7. The second kappa shape index (κ2) is 6.91. The molecule has 2 heteroatoms. The van der Waals surface area contributed by atoms with Gasteiger partial charge in [-0.2, -0.15) is 0 Å². The molecule has 0 bridgehead atoms. The molecule has 2 fully saturated rings. The molecule has 2 aliphatic rings. The summed E-state index contributed by atoms with van der Waals surface area (Å²) >= 11 is 0. The molecular weight excluding hydrogens is 220 g/mol. The van der Waals surface area contributed by atoms with E-state index in [-0.39, 0.29) is 0 Å². The van der Waals surface area contributed by atoms with E-state index >= 15 is 0 Å². The summed E-state index contributed by atoms with van der Waals surface area (Å²) < 4.78 is 0. The average molecular weight is 252 g/mol. The molecule has 2 rings (SSSR count). The minimum atomic E-state index is 0.566. The first-order chi connectivity index (χ1) is 8.69. The molecule has 2 aliphatic carbocycles. The van der Waals surface area contributed by atoms with Crippen molar-refractivity contribution in [2.45, 2.75) is 77.7 Å². The highest BCUT2D eigenvalue weighted by Crippen LogP contribution is 2.37. The van der Waals surface area contributed by atoms with Crippen molar-refractivity contribution in [2.75, 3.05) is 0 Å². The largest absolute Gasteiger partial charge is 0.271 e. The molecule has 0 spiro atoms. The van der Waals surface area contributed by atoms with Crippen molar-refractivity contribution >= 4 is 0 Å². The minimum Gasteiger partial charge on any atom is -0.271 e. The van der Waals surface area contributed by atoms with E-state index in [1.165, 1.54) is 57.8 Å². The number of nitrogens with two attached hydrogens (primary N) is 1. The number of rotatable bonds is 5. The quantitative estimate of drug-likeness (QED) is 0.576. The summed E-state index contributed by atoms with van der Waals surface area (Å²) in [6.45, 7) is 4.82. The van der Waals surface area contributed by atoms with Gasteiger partial charge in [-0.05, 0) is 55.8 Å². The van der Waals surface area contributed by atoms with Crippen molar-refractivity contribution in [3.63, 3.8) is 0 Å². The molecule has 3 N–H and O–H groups in total. The summed E-state index contributed by atoms with van der Waals surface area (Å²) in [7, 11) is 0. The molecular formula is C16H32N2. The molecule has 0 aliphatic heterocycles. The Kier molecular flexibility index (Phi) is 5.50. The zero-order valence-corrected chi connectivity index (χ0v) is 12.3. The fourth-order valence-corrected chi connectivity index (χ4v) is 4.51. The third kappa shape index (κ3) is 3.96. The first-order valence-corrected chi connectivity index (χ1v) is 8.15. The second-order valence-electron chi connectivity index (χ2n) is 7.18. The van der Waals surface area contributed by atoms with Gasteiger partial charge in [-0.25, -0.2) is 0 Å². The number of hydrogen-bond donors (Lipinski definition) is 2. The van der Waals surface area contributed by atoms with Crippen LogP contribution in [0.3, 0.4) is 0 Å². The van der Waals surface area contributed by atoms with E-state index in [0.29, 0.717) is 6.04 Å². The van der Waals surface area contributed by atoms with Crippen molar-refractivity contribution in [3.05, 3.63) is 0 Å². The van der Waals surface area contributed by atoms with E-state index < -0.39 is 0 Å². The lowest BCUT2D eigenvalue weighted by Crippen LogP contribution is -2.43. The van der Waals surface area contributed by atoms with Crippen LogP contribution in [0.2, 0.25) is 0 Å². The van der Waals surface area contributed by atoms with Crippen molar-refractivity contribution in [1.29, 1.82) is 0 Å². The van der Waals surface area contributed by atoms with E-state index in [2.05, 4.69) is 19.3 Å². The summed E-state index contributed by atoms with van der Waals surface area (Å²) in [5.74, 6) is 9.42. The predicted octanol–water partition coefficient (Wildman–Crippen LogP) is 3.86. The van der Waals surface area contributed by atoms with Gasteiger partial charge in [0.2, 0.25) is 0 Å². The molecule has 3 unspecified atom stereocenters. The summed E-state index contributed by atoms with van der Waals surface area (Å²) in [6, 6.07) is 0.566. The molecule has 0 aromatic carbocycles. The highest BCUT2D eigenvalue weighted by Gasteiger charge is 2.30. The number of hydrogen-bond acceptors (Lipinski definition) is 2. The molecule has 106 valence electrons. The van der Waals surface area contributed by atoms with Gasteiger partial charge in [0, 0.05) is 6.04 Å². The van der Waals surface area contributed by atoms with Gasteiger partial charge < -0.3 is 0 Å². The molecule has 2 saturated carbocycles. The van der Waals surface area contributed by atoms with Gasteiger partial charge in [-0.15, -0.1) is 0 Å². The van der Waals surface area contributed by atoms with Gasteiger partial charge in [-0.3, -0.25) is 11.3 Å². The Bertz CT molecular complexity index is 225. The van der Waals surface area contributed by atoms with Gasteiger partial charge in [0.05, 0.1) is 0 Å². The Morgan fingerprint density at radius 3 is 2.22 bits per heavy atom. The topological polar surface area (TPSA) is 38.0 Å². The highest BCUT2D eigenvalue weighted by atomic mass is 15.2. The van der Waals surface area contributed by atoms with Gasteiger partial charge in [-0.1, -0.05) is 39.5 Å². The van der Waals surface area contributed by atoms with Crippen LogP contribution in [0.1, 0.15) is 71.6 Å². The lowest BCUT2D eigenvalue weighted by Gasteiger charge is -2.36. The number of nitrogens with one attached hydrogen (secondary N) is 1. The first kappa shape index (κ1) is 14.3. The molecule has 0 amide bonds. The van der Waals surface area contributed by atoms with Crippen LogP contribution in [0.25, 0.3) is 0 Å². The van der Waals surface area contributed by atoms with Crippen molar-refractivity contribution in [3.8, 4) is 0 Å². The van der Waals surface area contributed by atoms with Crippen LogP contribution in [0, 0.1) is 23.7 Å². The molecule has 0 aromatic rings. The van der Waals surface area contributed by atoms with E-state index in [0.717, 1.165) is 23.7 Å². The Morgan fingerprint density at radius 1 is 1.06 bits per heavy atom. The zero-order valence-electron chi connectivity index (χ0n) is 12.3. The average Bonchev–Trinajstić information content (AvgIpc) is 2.81. The summed E-state index contributed by atoms with van der Waals surface area (Å²) in [5, 5.41) is 0. The van der Waals surface area contributed by atoms with Crippen LogP contribution in [0.5, 0.6) is 0 Å². The Balaban J connectivity index is 1.79.